The Labute approximate surface area is 92.7 Å². The predicted molar refractivity (Wildman–Crippen MR) is 59.0 cm³/mol. The number of hydrogen-bond donors (Lipinski definition) is 1. The lowest BCUT2D eigenvalue weighted by molar-refractivity contribution is 0.0516. The number of nitrogens with zero attached hydrogens (tertiary/aromatic N) is 1. The van der Waals surface area contributed by atoms with Crippen molar-refractivity contribution in [2.75, 3.05) is 6.54 Å². The number of carbonyl (C=O) groups is 1. The quantitative estimate of drug-likeness (QED) is 0.486. The van der Waals surface area contributed by atoms with Crippen LogP contribution >= 0.6 is 11.6 Å². The van der Waals surface area contributed by atoms with E-state index in [4.69, 9.17) is 17.3 Å². The van der Waals surface area contributed by atoms with Crippen LogP contribution in [0.1, 0.15) is 17.3 Å². The fourth-order valence-corrected chi connectivity index (χ4v) is 1.05. The highest BCUT2D eigenvalue weighted by Gasteiger charge is 2.10. The fraction of sp³-hybridized carbons (Fsp3) is 0.200. The highest BCUT2D eigenvalue weighted by Crippen LogP contribution is 2.15. The molecule has 0 heterocycles. The van der Waals surface area contributed by atoms with Crippen LogP contribution in [0.4, 0.5) is 0 Å². The second-order valence-corrected chi connectivity index (χ2v) is 3.30. The van der Waals surface area contributed by atoms with Crippen molar-refractivity contribution >= 4 is 23.3 Å². The molecule has 0 unspecified atom stereocenters. The molecule has 0 aliphatic rings. The van der Waals surface area contributed by atoms with Gasteiger partial charge in [-0.15, -0.1) is 0 Å². The summed E-state index contributed by atoms with van der Waals surface area (Å²) in [5, 5.41) is 3.88. The van der Waals surface area contributed by atoms with Gasteiger partial charge < -0.3 is 10.6 Å². The highest BCUT2D eigenvalue weighted by molar-refractivity contribution is 6.33. The van der Waals surface area contributed by atoms with Crippen LogP contribution in [0.3, 0.4) is 0 Å². The summed E-state index contributed by atoms with van der Waals surface area (Å²) in [7, 11) is 0. The maximum atomic E-state index is 11.4. The Hall–Kier alpha value is -1.39. The SMILES string of the molecule is CC(CN)=NOC(=O)c1ccccc1Cl. The third kappa shape index (κ3) is 3.34. The normalized spacial score (nSPS) is 11.3. The minimum atomic E-state index is -0.589. The van der Waals surface area contributed by atoms with Crippen molar-refractivity contribution < 1.29 is 9.63 Å². The van der Waals surface area contributed by atoms with Crippen molar-refractivity contribution in [3.05, 3.63) is 34.9 Å². The summed E-state index contributed by atoms with van der Waals surface area (Å²) < 4.78 is 0. The highest BCUT2D eigenvalue weighted by atomic mass is 35.5. The number of benzene rings is 1. The van der Waals surface area contributed by atoms with Crippen LogP contribution in [0.25, 0.3) is 0 Å². The molecule has 0 atom stereocenters. The molecule has 0 aliphatic heterocycles. The number of nitrogens with two attached hydrogens (primary N) is 1. The summed E-state index contributed by atoms with van der Waals surface area (Å²) in [6.45, 7) is 1.91. The van der Waals surface area contributed by atoms with Gasteiger partial charge in [-0.3, -0.25) is 0 Å². The number of carbonyl (C=O) groups excluding carboxylic acids is 1. The molecule has 0 bridgehead atoms. The molecule has 0 amide bonds. The first-order chi connectivity index (χ1) is 7.15. The van der Waals surface area contributed by atoms with E-state index in [1.54, 1.807) is 31.2 Å². The monoisotopic (exact) mass is 226 g/mol. The van der Waals surface area contributed by atoms with E-state index in [-0.39, 0.29) is 12.1 Å². The molecular formula is C10H11ClN2O2. The lowest BCUT2D eigenvalue weighted by Gasteiger charge is -2.00. The molecule has 2 N–H and O–H groups in total. The zero-order chi connectivity index (χ0) is 11.3. The first kappa shape index (κ1) is 11.7. The Morgan fingerprint density at radius 2 is 2.20 bits per heavy atom. The van der Waals surface area contributed by atoms with Crippen LogP contribution in [-0.2, 0) is 4.84 Å². The van der Waals surface area contributed by atoms with E-state index in [2.05, 4.69) is 9.99 Å². The molecule has 0 spiro atoms. The van der Waals surface area contributed by atoms with E-state index in [1.165, 1.54) is 0 Å². The molecule has 0 radical (unpaired) electrons. The van der Waals surface area contributed by atoms with E-state index in [9.17, 15) is 4.79 Å². The molecule has 4 nitrogen and oxygen atoms in total. The summed E-state index contributed by atoms with van der Waals surface area (Å²) in [6, 6.07) is 6.60. The molecule has 80 valence electrons. The smallest absolute Gasteiger partial charge is 0.325 e. The van der Waals surface area contributed by atoms with E-state index in [0.29, 0.717) is 10.7 Å². The van der Waals surface area contributed by atoms with Crippen LogP contribution in [0.15, 0.2) is 29.4 Å². The van der Waals surface area contributed by atoms with Gasteiger partial charge in [-0.2, -0.15) is 0 Å². The average Bonchev–Trinajstić information content (AvgIpc) is 2.26. The summed E-state index contributed by atoms with van der Waals surface area (Å²) >= 11 is 5.79. The third-order valence-corrected chi connectivity index (χ3v) is 2.00. The van der Waals surface area contributed by atoms with Crippen molar-refractivity contribution in [2.24, 2.45) is 10.9 Å². The predicted octanol–water partition coefficient (Wildman–Crippen LogP) is 1.83. The first-order valence-electron chi connectivity index (χ1n) is 4.34. The zero-order valence-corrected chi connectivity index (χ0v) is 8.99. The van der Waals surface area contributed by atoms with Crippen molar-refractivity contribution in [1.29, 1.82) is 0 Å². The van der Waals surface area contributed by atoms with E-state index < -0.39 is 5.97 Å². The van der Waals surface area contributed by atoms with Gasteiger partial charge in [0, 0.05) is 6.54 Å². The van der Waals surface area contributed by atoms with E-state index >= 15 is 0 Å². The van der Waals surface area contributed by atoms with Crippen LogP contribution in [0, 0.1) is 0 Å². The van der Waals surface area contributed by atoms with Crippen LogP contribution < -0.4 is 5.73 Å². The van der Waals surface area contributed by atoms with Crippen LogP contribution in [0.2, 0.25) is 5.02 Å². The second-order valence-electron chi connectivity index (χ2n) is 2.89. The Bertz CT molecular complexity index is 391. The molecule has 1 aromatic rings. The van der Waals surface area contributed by atoms with Crippen LogP contribution in [0.5, 0.6) is 0 Å². The van der Waals surface area contributed by atoms with Gasteiger partial charge in [0.05, 0.1) is 16.3 Å². The van der Waals surface area contributed by atoms with Gasteiger partial charge in [0.2, 0.25) is 0 Å². The number of hydrogen-bond acceptors (Lipinski definition) is 4. The second kappa shape index (κ2) is 5.48. The lowest BCUT2D eigenvalue weighted by atomic mass is 10.2. The Morgan fingerprint density at radius 3 is 2.80 bits per heavy atom. The molecule has 0 aromatic heterocycles. The van der Waals surface area contributed by atoms with Gasteiger partial charge in [-0.05, 0) is 19.1 Å². The molecule has 15 heavy (non-hydrogen) atoms. The molecule has 1 aromatic carbocycles. The summed E-state index contributed by atoms with van der Waals surface area (Å²) in [4.78, 5) is 16.1. The maximum absolute atomic E-state index is 11.4. The van der Waals surface area contributed by atoms with Gasteiger partial charge >= 0.3 is 5.97 Å². The lowest BCUT2D eigenvalue weighted by Crippen LogP contribution is -2.11. The van der Waals surface area contributed by atoms with Gasteiger partial charge in [0.25, 0.3) is 0 Å². The Balaban J connectivity index is 2.74. The standard InChI is InChI=1S/C10H11ClN2O2/c1-7(6-12)13-15-10(14)8-4-2-3-5-9(8)11/h2-5H,6,12H2,1H3. The van der Waals surface area contributed by atoms with Crippen molar-refractivity contribution in [3.63, 3.8) is 0 Å². The van der Waals surface area contributed by atoms with Gasteiger partial charge in [-0.1, -0.05) is 28.9 Å². The molecule has 0 saturated carbocycles. The minimum absolute atomic E-state index is 0.246. The molecule has 0 fully saturated rings. The summed E-state index contributed by atoms with van der Waals surface area (Å²) in [6.07, 6.45) is 0. The third-order valence-electron chi connectivity index (χ3n) is 1.67. The van der Waals surface area contributed by atoms with Crippen molar-refractivity contribution in [3.8, 4) is 0 Å². The van der Waals surface area contributed by atoms with E-state index in [1.807, 2.05) is 0 Å². The Morgan fingerprint density at radius 1 is 1.53 bits per heavy atom. The summed E-state index contributed by atoms with van der Waals surface area (Å²) in [5.74, 6) is -0.589. The van der Waals surface area contributed by atoms with Gasteiger partial charge in [-0.25, -0.2) is 4.79 Å². The first-order valence-corrected chi connectivity index (χ1v) is 4.72. The Kier molecular flexibility index (Phi) is 4.27. The topological polar surface area (TPSA) is 64.7 Å². The number of halogens is 1. The maximum Gasteiger partial charge on any atom is 0.367 e. The largest absolute Gasteiger partial charge is 0.367 e. The molecule has 0 aliphatic carbocycles. The van der Waals surface area contributed by atoms with Crippen molar-refractivity contribution in [2.45, 2.75) is 6.92 Å². The van der Waals surface area contributed by atoms with Crippen molar-refractivity contribution in [1.82, 2.24) is 0 Å². The van der Waals surface area contributed by atoms with Gasteiger partial charge in [0.1, 0.15) is 0 Å². The fourth-order valence-electron chi connectivity index (χ4n) is 0.833. The molecule has 1 rings (SSSR count). The van der Waals surface area contributed by atoms with Crippen LogP contribution in [-0.4, -0.2) is 18.2 Å². The van der Waals surface area contributed by atoms with Gasteiger partial charge in [0.15, 0.2) is 0 Å². The zero-order valence-electron chi connectivity index (χ0n) is 8.24. The number of rotatable bonds is 3. The molecular weight excluding hydrogens is 216 g/mol. The van der Waals surface area contributed by atoms with E-state index in [0.717, 1.165) is 0 Å². The number of oxime groups is 1. The average molecular weight is 227 g/mol. The molecule has 5 heteroatoms. The summed E-state index contributed by atoms with van der Waals surface area (Å²) in [5.41, 5.74) is 6.10. The minimum Gasteiger partial charge on any atom is -0.325 e. The molecule has 0 saturated heterocycles.